The van der Waals surface area contributed by atoms with Crippen LogP contribution >= 0.6 is 0 Å². The fourth-order valence-corrected chi connectivity index (χ4v) is 0.885. The van der Waals surface area contributed by atoms with Gasteiger partial charge in [-0.2, -0.15) is 0 Å². The van der Waals surface area contributed by atoms with E-state index in [1.54, 1.807) is 12.5 Å². The average Bonchev–Trinajstić information content (AvgIpc) is 2.57. The summed E-state index contributed by atoms with van der Waals surface area (Å²) in [5.41, 5.74) is 1.72. The molecule has 0 amide bonds. The van der Waals surface area contributed by atoms with Gasteiger partial charge in [-0.1, -0.05) is 13.8 Å². The second-order valence-electron chi connectivity index (χ2n) is 2.07. The normalized spacial score (nSPS) is 9.25. The van der Waals surface area contributed by atoms with E-state index in [-0.39, 0.29) is 0 Å². The molecular weight excluding hydrogens is 152 g/mol. The van der Waals surface area contributed by atoms with Crippen LogP contribution in [0.1, 0.15) is 19.5 Å². The Morgan fingerprint density at radius 1 is 1.33 bits per heavy atom. The van der Waals surface area contributed by atoms with Crippen molar-refractivity contribution in [2.45, 2.75) is 20.8 Å². The highest BCUT2D eigenvalue weighted by atomic mass is 15.2. The topological polar surface area (TPSA) is 43.1 Å². The second-order valence-corrected chi connectivity index (χ2v) is 2.07. The number of nitrogens with zero attached hydrogens (tertiary/aromatic N) is 4. The summed E-state index contributed by atoms with van der Waals surface area (Å²) in [6.45, 7) is 5.91. The monoisotopic (exact) mass is 164 g/mol. The highest BCUT2D eigenvalue weighted by molar-refractivity contribution is 5.40. The van der Waals surface area contributed by atoms with Crippen molar-refractivity contribution >= 4 is 5.65 Å². The van der Waals surface area contributed by atoms with Gasteiger partial charge in [-0.15, -0.1) is 10.2 Å². The molecule has 0 radical (unpaired) electrons. The average molecular weight is 164 g/mol. The van der Waals surface area contributed by atoms with Crippen LogP contribution in [0.3, 0.4) is 0 Å². The molecule has 0 aliphatic rings. The molecule has 0 N–H and O–H groups in total. The Kier molecular flexibility index (Phi) is 2.74. The zero-order chi connectivity index (χ0) is 8.97. The van der Waals surface area contributed by atoms with Crippen molar-refractivity contribution in [3.05, 3.63) is 24.4 Å². The molecular formula is C8H12N4. The zero-order valence-corrected chi connectivity index (χ0v) is 7.52. The lowest BCUT2D eigenvalue weighted by molar-refractivity contribution is 1.08. The van der Waals surface area contributed by atoms with Crippen molar-refractivity contribution in [1.82, 2.24) is 19.6 Å². The van der Waals surface area contributed by atoms with Gasteiger partial charge >= 0.3 is 0 Å². The highest BCUT2D eigenvalue weighted by Gasteiger charge is 1.96. The largest absolute Gasteiger partial charge is 0.286 e. The maximum absolute atomic E-state index is 4.06. The van der Waals surface area contributed by atoms with E-state index in [1.807, 2.05) is 31.4 Å². The molecule has 2 aromatic rings. The molecule has 0 spiro atoms. The standard InChI is InChI=1S/C6H6N4.C2H6/c1-5-6-9-8-4-10(6)3-2-7-5;1-2/h2-4H,1H3;1-2H3. The lowest BCUT2D eigenvalue weighted by atomic mass is 10.5. The first-order chi connectivity index (χ1) is 5.88. The maximum atomic E-state index is 4.06. The van der Waals surface area contributed by atoms with Gasteiger partial charge in [-0.3, -0.25) is 9.38 Å². The van der Waals surface area contributed by atoms with Crippen LogP contribution in [0.25, 0.3) is 5.65 Å². The first-order valence-electron chi connectivity index (χ1n) is 3.99. The third kappa shape index (κ3) is 1.42. The lowest BCUT2D eigenvalue weighted by Gasteiger charge is -1.91. The maximum Gasteiger partial charge on any atom is 0.182 e. The molecule has 12 heavy (non-hydrogen) atoms. The van der Waals surface area contributed by atoms with Crippen molar-refractivity contribution in [2.75, 3.05) is 0 Å². The van der Waals surface area contributed by atoms with Crippen LogP contribution in [0.5, 0.6) is 0 Å². The van der Waals surface area contributed by atoms with Gasteiger partial charge in [0.15, 0.2) is 5.65 Å². The van der Waals surface area contributed by atoms with Crippen LogP contribution in [0.15, 0.2) is 18.7 Å². The summed E-state index contributed by atoms with van der Waals surface area (Å²) >= 11 is 0. The van der Waals surface area contributed by atoms with E-state index in [9.17, 15) is 0 Å². The minimum atomic E-state index is 0.822. The Labute approximate surface area is 71.3 Å². The predicted octanol–water partition coefficient (Wildman–Crippen LogP) is 1.46. The third-order valence-electron chi connectivity index (χ3n) is 1.39. The summed E-state index contributed by atoms with van der Waals surface area (Å²) in [6.07, 6.45) is 5.21. The number of fused-ring (bicyclic) bond motifs is 1. The molecule has 0 aliphatic heterocycles. The molecule has 64 valence electrons. The highest BCUT2D eigenvalue weighted by Crippen LogP contribution is 1.99. The van der Waals surface area contributed by atoms with Crippen molar-refractivity contribution < 1.29 is 0 Å². The molecule has 0 atom stereocenters. The molecule has 0 aromatic carbocycles. The Balaban J connectivity index is 0.000000336. The van der Waals surface area contributed by atoms with Gasteiger partial charge in [-0.05, 0) is 6.92 Å². The van der Waals surface area contributed by atoms with Crippen LogP contribution < -0.4 is 0 Å². The first-order valence-corrected chi connectivity index (χ1v) is 3.99. The zero-order valence-electron chi connectivity index (χ0n) is 7.52. The molecule has 0 saturated carbocycles. The molecule has 0 fully saturated rings. The van der Waals surface area contributed by atoms with Gasteiger partial charge in [0.1, 0.15) is 6.33 Å². The summed E-state index contributed by atoms with van der Waals surface area (Å²) in [5, 5.41) is 7.60. The van der Waals surface area contributed by atoms with E-state index < -0.39 is 0 Å². The molecule has 4 nitrogen and oxygen atoms in total. The van der Waals surface area contributed by atoms with Gasteiger partial charge in [0, 0.05) is 12.4 Å². The van der Waals surface area contributed by atoms with Crippen LogP contribution in [-0.4, -0.2) is 19.6 Å². The molecule has 0 unspecified atom stereocenters. The molecule has 0 aliphatic carbocycles. The Hall–Kier alpha value is -1.45. The fraction of sp³-hybridized carbons (Fsp3) is 0.375. The Morgan fingerprint density at radius 2 is 2.08 bits per heavy atom. The van der Waals surface area contributed by atoms with E-state index in [1.165, 1.54) is 0 Å². The SMILES string of the molecule is CC.Cc1nccn2cnnc12. The van der Waals surface area contributed by atoms with E-state index >= 15 is 0 Å². The van der Waals surface area contributed by atoms with Crippen molar-refractivity contribution in [3.8, 4) is 0 Å². The molecule has 0 bridgehead atoms. The number of aromatic nitrogens is 4. The minimum Gasteiger partial charge on any atom is -0.286 e. The summed E-state index contributed by atoms with van der Waals surface area (Å²) in [6, 6.07) is 0. The summed E-state index contributed by atoms with van der Waals surface area (Å²) in [7, 11) is 0. The van der Waals surface area contributed by atoms with Gasteiger partial charge in [-0.25, -0.2) is 0 Å². The quantitative estimate of drug-likeness (QED) is 0.592. The van der Waals surface area contributed by atoms with Gasteiger partial charge in [0.05, 0.1) is 5.69 Å². The van der Waals surface area contributed by atoms with E-state index in [4.69, 9.17) is 0 Å². The number of hydrogen-bond donors (Lipinski definition) is 0. The molecule has 4 heteroatoms. The van der Waals surface area contributed by atoms with Gasteiger partial charge in [0.25, 0.3) is 0 Å². The first kappa shape index (κ1) is 8.64. The van der Waals surface area contributed by atoms with Gasteiger partial charge < -0.3 is 0 Å². The third-order valence-corrected chi connectivity index (χ3v) is 1.39. The van der Waals surface area contributed by atoms with E-state index in [2.05, 4.69) is 15.2 Å². The fourth-order valence-electron chi connectivity index (χ4n) is 0.885. The van der Waals surface area contributed by atoms with Crippen LogP contribution in [0, 0.1) is 6.92 Å². The molecule has 0 saturated heterocycles. The van der Waals surface area contributed by atoms with Crippen molar-refractivity contribution in [2.24, 2.45) is 0 Å². The summed E-state index contributed by atoms with van der Waals surface area (Å²) < 4.78 is 1.84. The van der Waals surface area contributed by atoms with Crippen molar-refractivity contribution in [1.29, 1.82) is 0 Å². The second kappa shape index (κ2) is 3.80. The summed E-state index contributed by atoms with van der Waals surface area (Å²) in [4.78, 5) is 4.06. The van der Waals surface area contributed by atoms with Crippen LogP contribution in [0.2, 0.25) is 0 Å². The molecule has 2 heterocycles. The molecule has 2 aromatic heterocycles. The lowest BCUT2D eigenvalue weighted by Crippen LogP contribution is -1.88. The number of aryl methyl sites for hydroxylation is 1. The Morgan fingerprint density at radius 3 is 2.75 bits per heavy atom. The van der Waals surface area contributed by atoms with Crippen molar-refractivity contribution in [3.63, 3.8) is 0 Å². The van der Waals surface area contributed by atoms with E-state index in [0.29, 0.717) is 0 Å². The minimum absolute atomic E-state index is 0.822. The van der Waals surface area contributed by atoms with Crippen LogP contribution in [0.4, 0.5) is 0 Å². The Bertz CT molecular complexity index is 353. The van der Waals surface area contributed by atoms with Gasteiger partial charge in [0.2, 0.25) is 0 Å². The number of hydrogen-bond acceptors (Lipinski definition) is 3. The summed E-state index contributed by atoms with van der Waals surface area (Å²) in [5.74, 6) is 0. The smallest absolute Gasteiger partial charge is 0.182 e. The molecule has 2 rings (SSSR count). The number of rotatable bonds is 0. The predicted molar refractivity (Wildman–Crippen MR) is 46.9 cm³/mol. The van der Waals surface area contributed by atoms with Crippen LogP contribution in [-0.2, 0) is 0 Å². The van der Waals surface area contributed by atoms with E-state index in [0.717, 1.165) is 11.3 Å².